The minimum Gasteiger partial charge on any atom is -0.481 e. The molecule has 0 aromatic carbocycles. The average Bonchev–Trinajstić information content (AvgIpc) is 2.80. The zero-order valence-corrected chi connectivity index (χ0v) is 23.3. The van der Waals surface area contributed by atoms with Crippen LogP contribution in [0, 0.1) is 55.7 Å². The number of allylic oxidation sites excluding steroid dienone is 4. The molecule has 5 aliphatic rings. The lowest BCUT2D eigenvalue weighted by atomic mass is 9.33. The van der Waals surface area contributed by atoms with Crippen LogP contribution < -0.4 is 0 Å². The van der Waals surface area contributed by atoms with Gasteiger partial charge in [0.15, 0.2) is 17.2 Å². The Morgan fingerprint density at radius 1 is 1.00 bits per heavy atom. The minimum absolute atomic E-state index is 0.103. The Hall–Kier alpha value is -2.29. The number of nitrogens with zero attached hydrogens (tertiary/aromatic N) is 1. The second kappa shape index (κ2) is 7.21. The summed E-state index contributed by atoms with van der Waals surface area (Å²) in [7, 11) is 0. The Morgan fingerprint density at radius 2 is 1.62 bits per heavy atom. The predicted octanol–water partition coefficient (Wildman–Crippen LogP) is 6.38. The highest BCUT2D eigenvalue weighted by molar-refractivity contribution is 6.05. The summed E-state index contributed by atoms with van der Waals surface area (Å²) in [6.45, 7) is 13.8. The van der Waals surface area contributed by atoms with Crippen molar-refractivity contribution in [2.75, 3.05) is 0 Å². The molecule has 6 heteroatoms. The molecule has 37 heavy (non-hydrogen) atoms. The fourth-order valence-corrected chi connectivity index (χ4v) is 9.95. The van der Waals surface area contributed by atoms with Crippen molar-refractivity contribution in [2.45, 2.75) is 99.1 Å². The molecule has 0 radical (unpaired) electrons. The molecule has 5 rings (SSSR count). The number of rotatable bonds is 1. The van der Waals surface area contributed by atoms with Gasteiger partial charge < -0.3 is 5.11 Å². The van der Waals surface area contributed by atoms with Gasteiger partial charge in [-0.2, -0.15) is 5.26 Å². The van der Waals surface area contributed by atoms with Gasteiger partial charge in [-0.3, -0.25) is 14.4 Å². The predicted molar refractivity (Wildman–Crippen MR) is 137 cm³/mol. The summed E-state index contributed by atoms with van der Waals surface area (Å²) < 4.78 is 18.0. The van der Waals surface area contributed by atoms with Crippen molar-refractivity contribution in [2.24, 2.45) is 44.3 Å². The van der Waals surface area contributed by atoms with E-state index < -0.39 is 50.4 Å². The van der Waals surface area contributed by atoms with Gasteiger partial charge >= 0.3 is 5.97 Å². The molecule has 3 fully saturated rings. The zero-order valence-electron chi connectivity index (χ0n) is 23.3. The van der Waals surface area contributed by atoms with E-state index in [1.165, 1.54) is 6.08 Å². The summed E-state index contributed by atoms with van der Waals surface area (Å²) in [5, 5.41) is 20.2. The molecule has 0 amide bonds. The number of ketones is 2. The van der Waals surface area contributed by atoms with Crippen LogP contribution in [0.4, 0.5) is 4.39 Å². The summed E-state index contributed by atoms with van der Waals surface area (Å²) >= 11 is 0. The third-order valence-corrected chi connectivity index (χ3v) is 12.4. The van der Waals surface area contributed by atoms with E-state index in [4.69, 9.17) is 0 Å². The zero-order chi connectivity index (χ0) is 27.6. The first-order valence-electron chi connectivity index (χ1n) is 13.7. The summed E-state index contributed by atoms with van der Waals surface area (Å²) in [5.74, 6) is -2.81. The molecule has 0 heterocycles. The van der Waals surface area contributed by atoms with E-state index in [0.29, 0.717) is 44.9 Å². The van der Waals surface area contributed by atoms with Gasteiger partial charge in [-0.15, -0.1) is 0 Å². The second-order valence-corrected chi connectivity index (χ2v) is 14.8. The van der Waals surface area contributed by atoms with E-state index in [1.54, 1.807) is 6.08 Å². The molecule has 0 bridgehead atoms. The van der Waals surface area contributed by atoms with Crippen molar-refractivity contribution in [3.8, 4) is 6.07 Å². The molecule has 3 saturated carbocycles. The van der Waals surface area contributed by atoms with Gasteiger partial charge in [0.1, 0.15) is 6.07 Å². The smallest absolute Gasteiger partial charge is 0.310 e. The van der Waals surface area contributed by atoms with Crippen molar-refractivity contribution in [3.05, 3.63) is 23.3 Å². The van der Waals surface area contributed by atoms with E-state index in [-0.39, 0.29) is 22.7 Å². The molecule has 0 unspecified atom stereocenters. The summed E-state index contributed by atoms with van der Waals surface area (Å²) in [4.78, 5) is 40.1. The largest absolute Gasteiger partial charge is 0.481 e. The van der Waals surface area contributed by atoms with Gasteiger partial charge in [-0.25, -0.2) is 4.39 Å². The van der Waals surface area contributed by atoms with Crippen LogP contribution in [0.3, 0.4) is 0 Å². The number of carboxylic acids is 1. The molecule has 0 saturated heterocycles. The molecule has 200 valence electrons. The molecule has 7 atom stereocenters. The highest BCUT2D eigenvalue weighted by Crippen LogP contribution is 2.76. The first-order valence-corrected chi connectivity index (χ1v) is 13.7. The summed E-state index contributed by atoms with van der Waals surface area (Å²) in [6, 6.07) is 2.08. The number of Topliss-reactive ketones (excluding diaryl/α,β-unsaturated/α-hetero) is 1. The van der Waals surface area contributed by atoms with E-state index in [0.717, 1.165) is 5.57 Å². The van der Waals surface area contributed by atoms with Crippen molar-refractivity contribution >= 4 is 17.5 Å². The topological polar surface area (TPSA) is 95.2 Å². The van der Waals surface area contributed by atoms with Crippen LogP contribution in [-0.2, 0) is 14.4 Å². The molecule has 5 nitrogen and oxygen atoms in total. The summed E-state index contributed by atoms with van der Waals surface area (Å²) in [6.07, 6.45) is 6.59. The maximum absolute atomic E-state index is 18.0. The lowest BCUT2D eigenvalue weighted by Gasteiger charge is -2.70. The molecular formula is C31H40FNO4. The van der Waals surface area contributed by atoms with Gasteiger partial charge in [0.05, 0.1) is 11.0 Å². The Morgan fingerprint density at radius 3 is 2.22 bits per heavy atom. The Kier molecular flexibility index (Phi) is 5.13. The van der Waals surface area contributed by atoms with Crippen LogP contribution >= 0.6 is 0 Å². The number of alkyl halides is 1. The van der Waals surface area contributed by atoms with Gasteiger partial charge in [0, 0.05) is 22.2 Å². The number of aliphatic carboxylic acids is 1. The Labute approximate surface area is 219 Å². The standard InChI is InChI=1S/C31H40FNO4/c1-25(2)10-12-30(24(36)37)13-11-29(7)28(6)9-8-19-26(3,4)23(35)18(17-33)15-27(19,5)20(28)14-22(34)31(29,32)21(30)16-25/h14-15,19,21H,8-13,16H2,1-7H3,(H,36,37)/t19-,21+,27-,28+,29-,30-,31+/m0/s1. The number of carboxylic acid groups (broad SMARTS) is 1. The monoisotopic (exact) mass is 509 g/mol. The summed E-state index contributed by atoms with van der Waals surface area (Å²) in [5.41, 5.74) is -6.24. The first kappa shape index (κ1) is 26.3. The molecular weight excluding hydrogens is 469 g/mol. The fourth-order valence-electron chi connectivity index (χ4n) is 9.95. The van der Waals surface area contributed by atoms with Crippen LogP contribution in [0.25, 0.3) is 0 Å². The minimum atomic E-state index is -2.30. The van der Waals surface area contributed by atoms with Crippen molar-refractivity contribution in [1.82, 2.24) is 0 Å². The Balaban J connectivity index is 1.76. The van der Waals surface area contributed by atoms with E-state index in [2.05, 4.69) is 6.07 Å². The number of carbonyl (C=O) groups excluding carboxylic acids is 2. The maximum Gasteiger partial charge on any atom is 0.310 e. The lowest BCUT2D eigenvalue weighted by molar-refractivity contribution is -0.223. The third kappa shape index (κ3) is 2.82. The van der Waals surface area contributed by atoms with Gasteiger partial charge in [-0.1, -0.05) is 54.5 Å². The van der Waals surface area contributed by atoms with Crippen LogP contribution in [0.5, 0.6) is 0 Å². The molecule has 0 aromatic heterocycles. The number of fused-ring (bicyclic) bond motifs is 7. The second-order valence-electron chi connectivity index (χ2n) is 14.8. The highest BCUT2D eigenvalue weighted by Gasteiger charge is 2.78. The number of hydrogen-bond acceptors (Lipinski definition) is 4. The maximum atomic E-state index is 18.0. The SMILES string of the molecule is CC1(C)CC[C@]2(C(=O)O)CC[C@@]3(C)[C@]4(C)CC[C@H]5C(C)(C)C(=O)C(C#N)=C[C@]5(C)C4=CC(=O)[C@]3(F)[C@@H]2C1. The van der Waals surface area contributed by atoms with Crippen molar-refractivity contribution in [3.63, 3.8) is 0 Å². The first-order chi connectivity index (χ1) is 16.9. The van der Waals surface area contributed by atoms with Gasteiger partial charge in [-0.05, 0) is 73.3 Å². The molecule has 0 spiro atoms. The van der Waals surface area contributed by atoms with E-state index in [1.807, 2.05) is 48.5 Å². The number of nitriles is 1. The van der Waals surface area contributed by atoms with E-state index >= 15 is 4.39 Å². The Bertz CT molecular complexity index is 1240. The lowest BCUT2D eigenvalue weighted by Crippen LogP contribution is -2.73. The number of hydrogen-bond donors (Lipinski definition) is 1. The molecule has 0 aromatic rings. The quantitative estimate of drug-likeness (QED) is 0.442. The highest BCUT2D eigenvalue weighted by atomic mass is 19.1. The van der Waals surface area contributed by atoms with Crippen LogP contribution in [-0.4, -0.2) is 28.3 Å². The van der Waals surface area contributed by atoms with Crippen LogP contribution in [0.2, 0.25) is 0 Å². The molecule has 0 aliphatic heterocycles. The van der Waals surface area contributed by atoms with E-state index in [9.17, 15) is 24.8 Å². The van der Waals surface area contributed by atoms with Gasteiger partial charge in [0.25, 0.3) is 0 Å². The number of carbonyl (C=O) groups is 3. The van der Waals surface area contributed by atoms with Crippen LogP contribution in [0.1, 0.15) is 93.4 Å². The molecule has 5 aliphatic carbocycles. The fraction of sp³-hybridized carbons (Fsp3) is 0.742. The third-order valence-electron chi connectivity index (χ3n) is 12.4. The normalized spacial score (nSPS) is 47.8. The average molecular weight is 510 g/mol. The van der Waals surface area contributed by atoms with Gasteiger partial charge in [0.2, 0.25) is 0 Å². The van der Waals surface area contributed by atoms with Crippen molar-refractivity contribution < 1.29 is 23.9 Å². The number of halogens is 1. The van der Waals surface area contributed by atoms with Crippen molar-refractivity contribution in [1.29, 1.82) is 5.26 Å². The van der Waals surface area contributed by atoms with Crippen LogP contribution in [0.15, 0.2) is 23.3 Å². The molecule has 1 N–H and O–H groups in total.